The van der Waals surface area contributed by atoms with E-state index in [1.165, 1.54) is 23.4 Å². The number of hydrogen-bond acceptors (Lipinski definition) is 4. The smallest absolute Gasteiger partial charge is 0.357 e. The zero-order valence-corrected chi connectivity index (χ0v) is 10.5. The van der Waals surface area contributed by atoms with Gasteiger partial charge in [0.2, 0.25) is 0 Å². The molecule has 2 aromatic heterocycles. The summed E-state index contributed by atoms with van der Waals surface area (Å²) in [4.78, 5) is 18.4. The van der Waals surface area contributed by atoms with Gasteiger partial charge in [-0.3, -0.25) is 4.40 Å². The topological polar surface area (TPSA) is 43.6 Å². The van der Waals surface area contributed by atoms with E-state index in [1.54, 1.807) is 17.5 Å². The Labute approximate surface area is 103 Å². The second-order valence-electron chi connectivity index (χ2n) is 4.16. The highest BCUT2D eigenvalue weighted by Gasteiger charge is 2.22. The summed E-state index contributed by atoms with van der Waals surface area (Å²) in [6, 6.07) is 0. The van der Waals surface area contributed by atoms with E-state index in [4.69, 9.17) is 4.74 Å². The summed E-state index contributed by atoms with van der Waals surface area (Å²) in [6.07, 6.45) is 6.22. The lowest BCUT2D eigenvalue weighted by Gasteiger charge is -2.11. The molecule has 0 N–H and O–H groups in total. The van der Waals surface area contributed by atoms with E-state index < -0.39 is 0 Å². The highest BCUT2D eigenvalue weighted by atomic mass is 32.1. The molecule has 0 radical (unpaired) electrons. The van der Waals surface area contributed by atoms with Crippen molar-refractivity contribution in [2.24, 2.45) is 0 Å². The van der Waals surface area contributed by atoms with E-state index in [0.29, 0.717) is 12.3 Å². The van der Waals surface area contributed by atoms with E-state index >= 15 is 0 Å². The molecule has 0 bridgehead atoms. The molecule has 3 rings (SSSR count). The molecule has 4 nitrogen and oxygen atoms in total. The van der Waals surface area contributed by atoms with Gasteiger partial charge in [0.1, 0.15) is 0 Å². The summed E-state index contributed by atoms with van der Waals surface area (Å²) >= 11 is 1.70. The van der Waals surface area contributed by atoms with Gasteiger partial charge in [0.25, 0.3) is 0 Å². The Hall–Kier alpha value is -1.36. The second-order valence-corrected chi connectivity index (χ2v) is 5.22. The number of aryl methyl sites for hydroxylation is 2. The molecule has 0 saturated carbocycles. The van der Waals surface area contributed by atoms with Gasteiger partial charge < -0.3 is 4.74 Å². The summed E-state index contributed by atoms with van der Waals surface area (Å²) < 4.78 is 7.04. The highest BCUT2D eigenvalue weighted by molar-refractivity contribution is 7.17. The van der Waals surface area contributed by atoms with Crippen molar-refractivity contribution in [1.82, 2.24) is 9.38 Å². The number of nitrogens with zero attached hydrogens (tertiary/aromatic N) is 2. The van der Waals surface area contributed by atoms with Gasteiger partial charge in [-0.15, -0.1) is 11.3 Å². The van der Waals surface area contributed by atoms with Crippen molar-refractivity contribution >= 4 is 22.3 Å². The fourth-order valence-corrected chi connectivity index (χ4v) is 3.52. The highest BCUT2D eigenvalue weighted by Crippen LogP contribution is 2.30. The minimum Gasteiger partial charge on any atom is -0.461 e. The first-order chi connectivity index (χ1) is 8.31. The predicted octanol–water partition coefficient (Wildman–Crippen LogP) is 2.45. The van der Waals surface area contributed by atoms with Crippen LogP contribution in [-0.2, 0) is 17.6 Å². The van der Waals surface area contributed by atoms with Crippen molar-refractivity contribution in [2.75, 3.05) is 6.61 Å². The molecule has 1 aliphatic rings. The Morgan fingerprint density at radius 3 is 3.18 bits per heavy atom. The number of aromatic nitrogens is 2. The average molecular weight is 250 g/mol. The number of fused-ring (bicyclic) bond motifs is 3. The second kappa shape index (κ2) is 4.14. The molecule has 0 unspecified atom stereocenters. The van der Waals surface area contributed by atoms with Crippen molar-refractivity contribution in [3.05, 3.63) is 22.5 Å². The monoisotopic (exact) mass is 250 g/mol. The van der Waals surface area contributed by atoms with E-state index in [1.807, 2.05) is 11.3 Å². The zero-order chi connectivity index (χ0) is 11.8. The van der Waals surface area contributed by atoms with E-state index in [9.17, 15) is 4.79 Å². The van der Waals surface area contributed by atoms with Crippen molar-refractivity contribution in [2.45, 2.75) is 32.6 Å². The molecule has 0 aromatic carbocycles. The largest absolute Gasteiger partial charge is 0.461 e. The van der Waals surface area contributed by atoms with Gasteiger partial charge in [-0.2, -0.15) is 0 Å². The molecule has 1 aliphatic carbocycles. The summed E-state index contributed by atoms with van der Waals surface area (Å²) in [6.45, 7) is 2.22. The Morgan fingerprint density at radius 2 is 2.35 bits per heavy atom. The summed E-state index contributed by atoms with van der Waals surface area (Å²) in [5.74, 6) is -0.272. The Morgan fingerprint density at radius 1 is 1.53 bits per heavy atom. The lowest BCUT2D eigenvalue weighted by atomic mass is 10.0. The molecular formula is C12H14N2O2S. The van der Waals surface area contributed by atoms with Crippen LogP contribution in [0.2, 0.25) is 0 Å². The number of carbonyl (C=O) groups is 1. The van der Waals surface area contributed by atoms with Gasteiger partial charge in [-0.25, -0.2) is 9.78 Å². The number of carbonyl (C=O) groups excluding carboxylic acids is 1. The standard InChI is InChI=1S/C12H14N2O2S/c1-2-16-11(15)9-7-13-12-14(9)8-5-3-4-6-10(8)17-12/h7H,2-6H2,1H3. The number of esters is 1. The van der Waals surface area contributed by atoms with Crippen LogP contribution >= 0.6 is 11.3 Å². The molecule has 0 aliphatic heterocycles. The minimum absolute atomic E-state index is 0.272. The van der Waals surface area contributed by atoms with Crippen molar-refractivity contribution in [3.8, 4) is 0 Å². The van der Waals surface area contributed by atoms with Gasteiger partial charge in [0.15, 0.2) is 10.7 Å². The Balaban J connectivity index is 2.13. The zero-order valence-electron chi connectivity index (χ0n) is 9.73. The fraction of sp³-hybridized carbons (Fsp3) is 0.500. The lowest BCUT2D eigenvalue weighted by molar-refractivity contribution is 0.0518. The van der Waals surface area contributed by atoms with Crippen LogP contribution in [0.25, 0.3) is 4.96 Å². The van der Waals surface area contributed by atoms with Gasteiger partial charge in [0, 0.05) is 10.6 Å². The van der Waals surface area contributed by atoms with Crippen LogP contribution in [0.5, 0.6) is 0 Å². The molecule has 0 spiro atoms. The van der Waals surface area contributed by atoms with Gasteiger partial charge in [0.05, 0.1) is 12.8 Å². The molecule has 2 heterocycles. The normalized spacial score (nSPS) is 14.9. The minimum atomic E-state index is -0.272. The van der Waals surface area contributed by atoms with Crippen LogP contribution < -0.4 is 0 Å². The van der Waals surface area contributed by atoms with Crippen LogP contribution in [0.3, 0.4) is 0 Å². The molecule has 90 valence electrons. The lowest BCUT2D eigenvalue weighted by Crippen LogP contribution is -2.11. The van der Waals surface area contributed by atoms with Gasteiger partial charge >= 0.3 is 5.97 Å². The van der Waals surface area contributed by atoms with Crippen molar-refractivity contribution < 1.29 is 9.53 Å². The molecular weight excluding hydrogens is 236 g/mol. The Bertz CT molecular complexity index is 570. The van der Waals surface area contributed by atoms with Gasteiger partial charge in [-0.1, -0.05) is 0 Å². The number of imidazole rings is 1. The number of thiazole rings is 1. The maximum Gasteiger partial charge on any atom is 0.357 e. The number of ether oxygens (including phenoxy) is 1. The molecule has 17 heavy (non-hydrogen) atoms. The van der Waals surface area contributed by atoms with E-state index in [0.717, 1.165) is 17.8 Å². The average Bonchev–Trinajstić information content (AvgIpc) is 2.87. The third kappa shape index (κ3) is 1.65. The SMILES string of the molecule is CCOC(=O)c1cnc2sc3c(n12)CCCC3. The van der Waals surface area contributed by atoms with Crippen LogP contribution in [0.15, 0.2) is 6.20 Å². The summed E-state index contributed by atoms with van der Waals surface area (Å²) in [5, 5.41) is 0. The predicted molar refractivity (Wildman–Crippen MR) is 65.7 cm³/mol. The number of hydrogen-bond donors (Lipinski definition) is 0. The first-order valence-corrected chi connectivity index (χ1v) is 6.78. The fourth-order valence-electron chi connectivity index (χ4n) is 2.34. The van der Waals surface area contributed by atoms with Crippen molar-refractivity contribution in [3.63, 3.8) is 0 Å². The molecule has 0 amide bonds. The molecule has 0 saturated heterocycles. The number of rotatable bonds is 2. The summed E-state index contributed by atoms with van der Waals surface area (Å²) in [7, 11) is 0. The van der Waals surface area contributed by atoms with Gasteiger partial charge in [-0.05, 0) is 32.6 Å². The Kier molecular flexibility index (Phi) is 2.63. The maximum absolute atomic E-state index is 11.8. The van der Waals surface area contributed by atoms with Crippen LogP contribution in [0.4, 0.5) is 0 Å². The first-order valence-electron chi connectivity index (χ1n) is 5.96. The van der Waals surface area contributed by atoms with Crippen LogP contribution in [0, 0.1) is 0 Å². The maximum atomic E-state index is 11.8. The molecule has 0 fully saturated rings. The van der Waals surface area contributed by atoms with E-state index in [-0.39, 0.29) is 5.97 Å². The molecule has 0 atom stereocenters. The van der Waals surface area contributed by atoms with Crippen LogP contribution in [0.1, 0.15) is 40.8 Å². The molecule has 2 aromatic rings. The van der Waals surface area contributed by atoms with Crippen molar-refractivity contribution in [1.29, 1.82) is 0 Å². The van der Waals surface area contributed by atoms with Crippen LogP contribution in [-0.4, -0.2) is 22.0 Å². The summed E-state index contributed by atoms with van der Waals surface area (Å²) in [5.41, 5.74) is 1.83. The quantitative estimate of drug-likeness (QED) is 0.769. The first kappa shape index (κ1) is 10.8. The third-order valence-electron chi connectivity index (χ3n) is 3.09. The third-order valence-corrected chi connectivity index (χ3v) is 4.24. The van der Waals surface area contributed by atoms with E-state index in [2.05, 4.69) is 4.98 Å². The molecule has 5 heteroatoms.